The highest BCUT2D eigenvalue weighted by molar-refractivity contribution is 7.92. The summed E-state index contributed by atoms with van der Waals surface area (Å²) in [6.45, 7) is 6.39. The van der Waals surface area contributed by atoms with Gasteiger partial charge in [0.1, 0.15) is 6.54 Å². The van der Waals surface area contributed by atoms with Crippen molar-refractivity contribution >= 4 is 27.3 Å². The summed E-state index contributed by atoms with van der Waals surface area (Å²) in [7, 11) is -3.53. The van der Waals surface area contributed by atoms with E-state index in [4.69, 9.17) is 0 Å². The van der Waals surface area contributed by atoms with Gasteiger partial charge in [0.25, 0.3) is 0 Å². The summed E-state index contributed by atoms with van der Waals surface area (Å²) in [5, 5.41) is 2.76. The third kappa shape index (κ3) is 5.92. The number of rotatable bonds is 7. The number of carbonyl (C=O) groups is 1. The molecule has 1 N–H and O–H groups in total. The molecular weight excluding hydrogens is 338 g/mol. The van der Waals surface area contributed by atoms with Gasteiger partial charge < -0.3 is 10.2 Å². The summed E-state index contributed by atoms with van der Waals surface area (Å²) in [6, 6.07) is 7.43. The van der Waals surface area contributed by atoms with E-state index in [0.29, 0.717) is 18.2 Å². The van der Waals surface area contributed by atoms with Crippen LogP contribution >= 0.6 is 0 Å². The largest absolute Gasteiger partial charge is 0.372 e. The number of hydrogen-bond acceptors (Lipinski definition) is 4. The molecular formula is C18H29N3O3S. The highest BCUT2D eigenvalue weighted by Gasteiger charge is 2.21. The molecule has 0 unspecified atom stereocenters. The lowest BCUT2D eigenvalue weighted by Gasteiger charge is -2.29. The molecule has 0 aliphatic carbocycles. The standard InChI is InChI=1S/C18H29N3O3S/c1-15(2)13-19-18(22)14-21(25(3,23)24)17-9-7-16(8-10-17)20-11-5-4-6-12-20/h7-10,15H,4-6,11-14H2,1-3H3,(H,19,22). The van der Waals surface area contributed by atoms with E-state index in [1.165, 1.54) is 19.3 Å². The normalized spacial score (nSPS) is 15.3. The first kappa shape index (κ1) is 19.6. The van der Waals surface area contributed by atoms with Crippen LogP contribution in [0.1, 0.15) is 33.1 Å². The third-order valence-corrected chi connectivity index (χ3v) is 5.39. The van der Waals surface area contributed by atoms with E-state index in [1.807, 2.05) is 26.0 Å². The first-order valence-electron chi connectivity index (χ1n) is 8.87. The van der Waals surface area contributed by atoms with Crippen molar-refractivity contribution in [1.82, 2.24) is 5.32 Å². The first-order valence-corrected chi connectivity index (χ1v) is 10.7. The van der Waals surface area contributed by atoms with Gasteiger partial charge in [-0.05, 0) is 49.4 Å². The van der Waals surface area contributed by atoms with Crippen molar-refractivity contribution in [2.24, 2.45) is 5.92 Å². The maximum absolute atomic E-state index is 12.1. The fourth-order valence-corrected chi connectivity index (χ4v) is 3.74. The Bertz CT molecular complexity index is 665. The Morgan fingerprint density at radius 2 is 1.76 bits per heavy atom. The Labute approximate surface area is 151 Å². The Balaban J connectivity index is 2.11. The lowest BCUT2D eigenvalue weighted by molar-refractivity contribution is -0.119. The molecule has 1 aliphatic rings. The molecule has 1 amide bonds. The molecule has 0 bridgehead atoms. The van der Waals surface area contributed by atoms with Crippen molar-refractivity contribution in [2.45, 2.75) is 33.1 Å². The average molecular weight is 368 g/mol. The van der Waals surface area contributed by atoms with Crippen LogP contribution in [-0.4, -0.2) is 46.8 Å². The van der Waals surface area contributed by atoms with E-state index in [2.05, 4.69) is 10.2 Å². The van der Waals surface area contributed by atoms with Crippen molar-refractivity contribution in [3.05, 3.63) is 24.3 Å². The smallest absolute Gasteiger partial charge is 0.240 e. The van der Waals surface area contributed by atoms with E-state index < -0.39 is 10.0 Å². The molecule has 140 valence electrons. The summed E-state index contributed by atoms with van der Waals surface area (Å²) in [4.78, 5) is 14.4. The highest BCUT2D eigenvalue weighted by Crippen LogP contribution is 2.24. The average Bonchev–Trinajstić information content (AvgIpc) is 2.58. The van der Waals surface area contributed by atoms with Crippen molar-refractivity contribution in [2.75, 3.05) is 41.6 Å². The topological polar surface area (TPSA) is 69.7 Å². The monoisotopic (exact) mass is 367 g/mol. The van der Waals surface area contributed by atoms with Crippen molar-refractivity contribution in [1.29, 1.82) is 0 Å². The molecule has 1 fully saturated rings. The number of nitrogens with zero attached hydrogens (tertiary/aromatic N) is 2. The number of anilines is 2. The van der Waals surface area contributed by atoms with Crippen LogP contribution in [0.4, 0.5) is 11.4 Å². The van der Waals surface area contributed by atoms with E-state index in [0.717, 1.165) is 29.3 Å². The van der Waals surface area contributed by atoms with Gasteiger partial charge in [0.05, 0.1) is 11.9 Å². The zero-order valence-electron chi connectivity index (χ0n) is 15.4. The van der Waals surface area contributed by atoms with Crippen LogP contribution in [0.15, 0.2) is 24.3 Å². The van der Waals surface area contributed by atoms with E-state index >= 15 is 0 Å². The fraction of sp³-hybridized carbons (Fsp3) is 0.611. The quantitative estimate of drug-likeness (QED) is 0.802. The zero-order valence-corrected chi connectivity index (χ0v) is 16.2. The SMILES string of the molecule is CC(C)CNC(=O)CN(c1ccc(N2CCCCC2)cc1)S(C)(=O)=O. The van der Waals surface area contributed by atoms with Crippen LogP contribution in [-0.2, 0) is 14.8 Å². The van der Waals surface area contributed by atoms with Gasteiger partial charge in [-0.3, -0.25) is 9.10 Å². The minimum absolute atomic E-state index is 0.200. The number of hydrogen-bond donors (Lipinski definition) is 1. The summed E-state index contributed by atoms with van der Waals surface area (Å²) >= 11 is 0. The Morgan fingerprint density at radius 3 is 2.28 bits per heavy atom. The molecule has 0 radical (unpaired) electrons. The molecule has 7 heteroatoms. The molecule has 1 aliphatic heterocycles. The van der Waals surface area contributed by atoms with Gasteiger partial charge >= 0.3 is 0 Å². The second-order valence-electron chi connectivity index (χ2n) is 7.03. The number of nitrogens with one attached hydrogen (secondary N) is 1. The van der Waals surface area contributed by atoms with E-state index in [1.54, 1.807) is 12.1 Å². The van der Waals surface area contributed by atoms with Gasteiger partial charge in [-0.1, -0.05) is 13.8 Å². The van der Waals surface area contributed by atoms with Crippen LogP contribution in [0.2, 0.25) is 0 Å². The number of sulfonamides is 1. The van der Waals surface area contributed by atoms with Crippen LogP contribution in [0.5, 0.6) is 0 Å². The lowest BCUT2D eigenvalue weighted by atomic mass is 10.1. The Morgan fingerprint density at radius 1 is 1.16 bits per heavy atom. The van der Waals surface area contributed by atoms with Gasteiger partial charge in [0.2, 0.25) is 15.9 Å². The summed E-state index contributed by atoms with van der Waals surface area (Å²) in [6.07, 6.45) is 4.77. The molecule has 0 saturated carbocycles. The predicted molar refractivity (Wildman–Crippen MR) is 103 cm³/mol. The van der Waals surface area contributed by atoms with Crippen molar-refractivity contribution in [3.63, 3.8) is 0 Å². The fourth-order valence-electron chi connectivity index (χ4n) is 2.89. The van der Waals surface area contributed by atoms with Crippen molar-refractivity contribution < 1.29 is 13.2 Å². The summed E-state index contributed by atoms with van der Waals surface area (Å²) in [5.74, 6) is 0.0266. The zero-order chi connectivity index (χ0) is 18.4. The molecule has 0 aromatic heterocycles. The second-order valence-corrected chi connectivity index (χ2v) is 8.94. The molecule has 1 saturated heterocycles. The molecule has 0 atom stereocenters. The molecule has 1 aromatic carbocycles. The van der Waals surface area contributed by atoms with Gasteiger partial charge in [-0.15, -0.1) is 0 Å². The lowest BCUT2D eigenvalue weighted by Crippen LogP contribution is -2.41. The third-order valence-electron chi connectivity index (χ3n) is 4.25. The summed E-state index contributed by atoms with van der Waals surface area (Å²) < 4.78 is 25.4. The second kappa shape index (κ2) is 8.56. The number of amides is 1. The Hall–Kier alpha value is -1.76. The van der Waals surface area contributed by atoms with Gasteiger partial charge in [0.15, 0.2) is 0 Å². The van der Waals surface area contributed by atoms with E-state index in [-0.39, 0.29) is 12.5 Å². The van der Waals surface area contributed by atoms with Gasteiger partial charge in [0, 0.05) is 25.3 Å². The molecule has 6 nitrogen and oxygen atoms in total. The van der Waals surface area contributed by atoms with Crippen LogP contribution in [0, 0.1) is 5.92 Å². The first-order chi connectivity index (χ1) is 11.8. The van der Waals surface area contributed by atoms with Gasteiger partial charge in [-0.2, -0.15) is 0 Å². The minimum atomic E-state index is -3.53. The minimum Gasteiger partial charge on any atom is -0.372 e. The predicted octanol–water partition coefficient (Wildman–Crippen LogP) is 2.22. The van der Waals surface area contributed by atoms with Crippen LogP contribution in [0.3, 0.4) is 0 Å². The highest BCUT2D eigenvalue weighted by atomic mass is 32.2. The Kier molecular flexibility index (Phi) is 6.70. The van der Waals surface area contributed by atoms with Crippen molar-refractivity contribution in [3.8, 4) is 0 Å². The number of benzene rings is 1. The molecule has 1 heterocycles. The molecule has 1 aromatic rings. The van der Waals surface area contributed by atoms with Gasteiger partial charge in [-0.25, -0.2) is 8.42 Å². The molecule has 2 rings (SSSR count). The number of carbonyl (C=O) groups excluding carboxylic acids is 1. The molecule has 0 spiro atoms. The van der Waals surface area contributed by atoms with E-state index in [9.17, 15) is 13.2 Å². The maximum atomic E-state index is 12.1. The summed E-state index contributed by atoms with van der Waals surface area (Å²) in [5.41, 5.74) is 1.61. The molecule has 25 heavy (non-hydrogen) atoms. The van der Waals surface area contributed by atoms with Crippen LogP contribution in [0.25, 0.3) is 0 Å². The van der Waals surface area contributed by atoms with Crippen LogP contribution < -0.4 is 14.5 Å². The maximum Gasteiger partial charge on any atom is 0.240 e. The number of piperidine rings is 1.